The summed E-state index contributed by atoms with van der Waals surface area (Å²) in [7, 11) is 0. The molecule has 0 saturated carbocycles. The van der Waals surface area contributed by atoms with Gasteiger partial charge < -0.3 is 15.0 Å². The van der Waals surface area contributed by atoms with Crippen molar-refractivity contribution in [2.24, 2.45) is 0 Å². The van der Waals surface area contributed by atoms with Gasteiger partial charge in [0.25, 0.3) is 5.91 Å². The summed E-state index contributed by atoms with van der Waals surface area (Å²) in [5.41, 5.74) is 2.16. The van der Waals surface area contributed by atoms with E-state index in [1.165, 1.54) is 12.1 Å². The van der Waals surface area contributed by atoms with E-state index in [9.17, 15) is 19.1 Å². The maximum atomic E-state index is 13.6. The highest BCUT2D eigenvalue weighted by Crippen LogP contribution is 2.23. The zero-order chi connectivity index (χ0) is 18.9. The van der Waals surface area contributed by atoms with Gasteiger partial charge in [-0.2, -0.15) is 0 Å². The van der Waals surface area contributed by atoms with Crippen LogP contribution >= 0.6 is 11.6 Å². The summed E-state index contributed by atoms with van der Waals surface area (Å²) in [4.78, 5) is 24.1. The molecule has 0 aliphatic heterocycles. The van der Waals surface area contributed by atoms with Crippen LogP contribution in [0.2, 0.25) is 5.02 Å². The second kappa shape index (κ2) is 7.27. The lowest BCUT2D eigenvalue weighted by atomic mass is 10.1. The molecule has 0 radical (unpaired) electrons. The SMILES string of the molecule is Cc1cc(C(=O)NC(C(=O)O)c2ccc(Cl)c(F)c2)c(C)n1C(C)C. The molecule has 1 aromatic carbocycles. The van der Waals surface area contributed by atoms with Crippen LogP contribution in [0.1, 0.15) is 53.2 Å². The number of carboxylic acids is 1. The number of carbonyl (C=O) groups is 2. The molecule has 0 aliphatic rings. The number of nitrogens with one attached hydrogen (secondary N) is 1. The second-order valence-corrected chi connectivity index (χ2v) is 6.57. The van der Waals surface area contributed by atoms with Crippen molar-refractivity contribution in [2.75, 3.05) is 0 Å². The zero-order valence-electron chi connectivity index (χ0n) is 14.4. The standard InChI is InChI=1S/C18H20ClFN2O3/c1-9(2)22-10(3)7-13(11(22)4)17(23)21-16(18(24)25)12-5-6-14(19)15(20)8-12/h5-9,16H,1-4H3,(H,21,23)(H,24,25). The van der Waals surface area contributed by atoms with E-state index < -0.39 is 23.7 Å². The molecular weight excluding hydrogens is 347 g/mol. The first-order chi connectivity index (χ1) is 11.6. The van der Waals surface area contributed by atoms with E-state index in [4.69, 9.17) is 11.6 Å². The Morgan fingerprint density at radius 1 is 1.24 bits per heavy atom. The molecule has 0 bridgehead atoms. The van der Waals surface area contributed by atoms with E-state index in [0.717, 1.165) is 17.5 Å². The molecule has 25 heavy (non-hydrogen) atoms. The first kappa shape index (κ1) is 19.0. The highest BCUT2D eigenvalue weighted by Gasteiger charge is 2.26. The van der Waals surface area contributed by atoms with Crippen LogP contribution in [0.3, 0.4) is 0 Å². The first-order valence-electron chi connectivity index (χ1n) is 7.80. The fourth-order valence-electron chi connectivity index (χ4n) is 2.99. The van der Waals surface area contributed by atoms with Crippen LogP contribution in [-0.2, 0) is 4.79 Å². The minimum absolute atomic E-state index is 0.111. The fourth-order valence-corrected chi connectivity index (χ4v) is 3.11. The lowest BCUT2D eigenvalue weighted by Crippen LogP contribution is -2.34. The largest absolute Gasteiger partial charge is 0.479 e. The molecule has 0 saturated heterocycles. The molecule has 134 valence electrons. The zero-order valence-corrected chi connectivity index (χ0v) is 15.2. The van der Waals surface area contributed by atoms with Crippen molar-refractivity contribution >= 4 is 23.5 Å². The van der Waals surface area contributed by atoms with Crippen LogP contribution in [0, 0.1) is 19.7 Å². The van der Waals surface area contributed by atoms with Gasteiger partial charge in [0.15, 0.2) is 6.04 Å². The summed E-state index contributed by atoms with van der Waals surface area (Å²) in [5, 5.41) is 11.8. The van der Waals surface area contributed by atoms with Gasteiger partial charge in [-0.05, 0) is 51.5 Å². The molecule has 5 nitrogen and oxygen atoms in total. The summed E-state index contributed by atoms with van der Waals surface area (Å²) >= 11 is 5.62. The van der Waals surface area contributed by atoms with Crippen molar-refractivity contribution in [3.63, 3.8) is 0 Å². The Balaban J connectivity index is 2.34. The number of nitrogens with zero attached hydrogens (tertiary/aromatic N) is 1. The maximum Gasteiger partial charge on any atom is 0.330 e. The molecule has 1 atom stereocenters. The molecule has 2 N–H and O–H groups in total. The van der Waals surface area contributed by atoms with Crippen molar-refractivity contribution in [3.8, 4) is 0 Å². The molecule has 1 aromatic heterocycles. The molecular formula is C18H20ClFN2O3. The summed E-state index contributed by atoms with van der Waals surface area (Å²) in [5.74, 6) is -2.55. The number of benzene rings is 1. The highest BCUT2D eigenvalue weighted by molar-refractivity contribution is 6.30. The number of rotatable bonds is 5. The van der Waals surface area contributed by atoms with Gasteiger partial charge in [-0.25, -0.2) is 9.18 Å². The van der Waals surface area contributed by atoms with Crippen LogP contribution < -0.4 is 5.32 Å². The third-order valence-electron chi connectivity index (χ3n) is 4.04. The number of carboxylic acid groups (broad SMARTS) is 1. The van der Waals surface area contributed by atoms with Gasteiger partial charge >= 0.3 is 5.97 Å². The van der Waals surface area contributed by atoms with Crippen molar-refractivity contribution in [1.82, 2.24) is 9.88 Å². The summed E-state index contributed by atoms with van der Waals surface area (Å²) in [6, 6.07) is 4.16. The molecule has 7 heteroatoms. The molecule has 2 aromatic rings. The van der Waals surface area contributed by atoms with Crippen molar-refractivity contribution in [3.05, 3.63) is 57.6 Å². The monoisotopic (exact) mass is 366 g/mol. The predicted octanol–water partition coefficient (Wildman–Crippen LogP) is 4.03. The third-order valence-corrected chi connectivity index (χ3v) is 4.35. The lowest BCUT2D eigenvalue weighted by Gasteiger charge is -2.16. The quantitative estimate of drug-likeness (QED) is 0.839. The van der Waals surface area contributed by atoms with Crippen LogP contribution in [0.5, 0.6) is 0 Å². The Kier molecular flexibility index (Phi) is 5.52. The van der Waals surface area contributed by atoms with E-state index in [0.29, 0.717) is 5.56 Å². The van der Waals surface area contributed by atoms with E-state index >= 15 is 0 Å². The van der Waals surface area contributed by atoms with Crippen LogP contribution in [0.4, 0.5) is 4.39 Å². The Morgan fingerprint density at radius 3 is 2.36 bits per heavy atom. The normalized spacial score (nSPS) is 12.3. The Morgan fingerprint density at radius 2 is 1.88 bits per heavy atom. The number of amides is 1. The predicted molar refractivity (Wildman–Crippen MR) is 93.5 cm³/mol. The van der Waals surface area contributed by atoms with Gasteiger partial charge in [0, 0.05) is 17.4 Å². The van der Waals surface area contributed by atoms with Gasteiger partial charge in [0.2, 0.25) is 0 Å². The highest BCUT2D eigenvalue weighted by atomic mass is 35.5. The average Bonchev–Trinajstić information content (AvgIpc) is 2.82. The van der Waals surface area contributed by atoms with Gasteiger partial charge in [0.05, 0.1) is 10.6 Å². The molecule has 0 spiro atoms. The summed E-state index contributed by atoms with van der Waals surface area (Å²) < 4.78 is 15.6. The number of aromatic nitrogens is 1. The van der Waals surface area contributed by atoms with E-state index in [1.807, 2.05) is 25.3 Å². The van der Waals surface area contributed by atoms with Gasteiger partial charge in [-0.1, -0.05) is 17.7 Å². The fraction of sp³-hybridized carbons (Fsp3) is 0.333. The Labute approximate surface area is 150 Å². The number of carbonyl (C=O) groups excluding carboxylic acids is 1. The Hall–Kier alpha value is -2.34. The first-order valence-corrected chi connectivity index (χ1v) is 8.18. The molecule has 2 rings (SSSR count). The minimum atomic E-state index is -1.37. The number of hydrogen-bond donors (Lipinski definition) is 2. The Bertz CT molecular complexity index is 830. The van der Waals surface area contributed by atoms with E-state index in [2.05, 4.69) is 5.32 Å². The van der Waals surface area contributed by atoms with Crippen molar-refractivity contribution < 1.29 is 19.1 Å². The molecule has 1 heterocycles. The molecule has 1 unspecified atom stereocenters. The van der Waals surface area contributed by atoms with Gasteiger partial charge in [-0.3, -0.25) is 4.79 Å². The van der Waals surface area contributed by atoms with E-state index in [1.54, 1.807) is 13.0 Å². The maximum absolute atomic E-state index is 13.6. The number of halogens is 2. The topological polar surface area (TPSA) is 71.3 Å². The van der Waals surface area contributed by atoms with Gasteiger partial charge in [0.1, 0.15) is 5.82 Å². The number of aryl methyl sites for hydroxylation is 1. The van der Waals surface area contributed by atoms with Gasteiger partial charge in [-0.15, -0.1) is 0 Å². The molecule has 0 aliphatic carbocycles. The van der Waals surface area contributed by atoms with Crippen LogP contribution in [-0.4, -0.2) is 21.6 Å². The second-order valence-electron chi connectivity index (χ2n) is 6.17. The van der Waals surface area contributed by atoms with Crippen molar-refractivity contribution in [2.45, 2.75) is 39.8 Å². The summed E-state index contributed by atoms with van der Waals surface area (Å²) in [6.07, 6.45) is 0. The average molecular weight is 367 g/mol. The smallest absolute Gasteiger partial charge is 0.330 e. The van der Waals surface area contributed by atoms with Crippen LogP contribution in [0.15, 0.2) is 24.3 Å². The van der Waals surface area contributed by atoms with Crippen molar-refractivity contribution in [1.29, 1.82) is 0 Å². The molecule has 1 amide bonds. The number of hydrogen-bond acceptors (Lipinski definition) is 2. The summed E-state index contributed by atoms with van der Waals surface area (Å²) in [6.45, 7) is 7.68. The lowest BCUT2D eigenvalue weighted by molar-refractivity contribution is -0.139. The van der Waals surface area contributed by atoms with E-state index in [-0.39, 0.29) is 16.6 Å². The molecule has 0 fully saturated rings. The van der Waals surface area contributed by atoms with Crippen LogP contribution in [0.25, 0.3) is 0 Å². The minimum Gasteiger partial charge on any atom is -0.479 e. The number of aliphatic carboxylic acids is 1. The third kappa shape index (κ3) is 3.85.